The molecule has 0 fully saturated rings. The van der Waals surface area contributed by atoms with Gasteiger partial charge < -0.3 is 10.4 Å². The van der Waals surface area contributed by atoms with Crippen LogP contribution in [0, 0.1) is 23.7 Å². The second-order valence-corrected chi connectivity index (χ2v) is 3.81. The van der Waals surface area contributed by atoms with E-state index in [0.29, 0.717) is 6.07 Å². The van der Waals surface area contributed by atoms with Crippen molar-refractivity contribution in [2.24, 2.45) is 0 Å². The molecule has 1 unspecified atom stereocenters. The molecule has 1 atom stereocenters. The Morgan fingerprint density at radius 3 is 2.60 bits per heavy atom. The summed E-state index contributed by atoms with van der Waals surface area (Å²) in [6, 6.07) is 3.09. The van der Waals surface area contributed by atoms with Crippen LogP contribution in [0.2, 0.25) is 0 Å². The van der Waals surface area contributed by atoms with Crippen LogP contribution in [0.5, 0.6) is 0 Å². The molecule has 0 aromatic heterocycles. The number of benzene rings is 1. The summed E-state index contributed by atoms with van der Waals surface area (Å²) in [6.45, 7) is 0. The molecule has 1 rings (SSSR count). The summed E-state index contributed by atoms with van der Waals surface area (Å²) in [7, 11) is 0. The van der Waals surface area contributed by atoms with Gasteiger partial charge in [0, 0.05) is 12.1 Å². The zero-order chi connectivity index (χ0) is 15.3. The van der Waals surface area contributed by atoms with Gasteiger partial charge in [-0.05, 0) is 18.2 Å². The van der Waals surface area contributed by atoms with Crippen molar-refractivity contribution >= 4 is 11.7 Å². The molecular formula is C13H9F3N2O2. The van der Waals surface area contributed by atoms with Gasteiger partial charge in [0.05, 0.1) is 17.2 Å². The molecule has 104 valence electrons. The summed E-state index contributed by atoms with van der Waals surface area (Å²) in [5.41, 5.74) is -1.74. The molecule has 0 saturated heterocycles. The summed E-state index contributed by atoms with van der Waals surface area (Å²) in [5.74, 6) is 0.842. The minimum atomic E-state index is -4.70. The highest BCUT2D eigenvalue weighted by molar-refractivity contribution is 5.78. The number of anilines is 1. The van der Waals surface area contributed by atoms with Crippen LogP contribution in [-0.2, 0) is 11.0 Å². The Bertz CT molecular complexity index is 597. The molecule has 0 amide bonds. The van der Waals surface area contributed by atoms with Crippen molar-refractivity contribution in [3.63, 3.8) is 0 Å². The van der Waals surface area contributed by atoms with Gasteiger partial charge in [-0.1, -0.05) is 0 Å². The fourth-order valence-electron chi connectivity index (χ4n) is 1.49. The topological polar surface area (TPSA) is 73.1 Å². The number of nitrogens with one attached hydrogen (secondary N) is 1. The zero-order valence-corrected chi connectivity index (χ0v) is 10.0. The van der Waals surface area contributed by atoms with Crippen molar-refractivity contribution in [3.05, 3.63) is 29.3 Å². The van der Waals surface area contributed by atoms with E-state index in [1.807, 2.05) is 0 Å². The van der Waals surface area contributed by atoms with Crippen molar-refractivity contribution in [3.8, 4) is 18.4 Å². The summed E-state index contributed by atoms with van der Waals surface area (Å²) in [5, 5.41) is 19.9. The second-order valence-electron chi connectivity index (χ2n) is 3.81. The van der Waals surface area contributed by atoms with Gasteiger partial charge >= 0.3 is 12.1 Å². The molecule has 0 saturated carbocycles. The molecular weight excluding hydrogens is 273 g/mol. The Hall–Kier alpha value is -2.67. The SMILES string of the molecule is C#CCC(Nc1ccc(C#N)c(C(F)(F)F)c1)C(=O)O. The van der Waals surface area contributed by atoms with Crippen LogP contribution in [0.25, 0.3) is 0 Å². The predicted molar refractivity (Wildman–Crippen MR) is 64.7 cm³/mol. The van der Waals surface area contributed by atoms with Gasteiger partial charge in [0.15, 0.2) is 0 Å². The highest BCUT2D eigenvalue weighted by Gasteiger charge is 2.34. The van der Waals surface area contributed by atoms with Crippen molar-refractivity contribution in [1.82, 2.24) is 0 Å². The van der Waals surface area contributed by atoms with Gasteiger partial charge in [-0.3, -0.25) is 0 Å². The molecule has 7 heteroatoms. The van der Waals surface area contributed by atoms with Crippen molar-refractivity contribution < 1.29 is 23.1 Å². The van der Waals surface area contributed by atoms with E-state index in [-0.39, 0.29) is 12.1 Å². The number of carboxylic acid groups (broad SMARTS) is 1. The third-order valence-corrected chi connectivity index (χ3v) is 2.41. The lowest BCUT2D eigenvalue weighted by Gasteiger charge is -2.15. The van der Waals surface area contributed by atoms with E-state index in [0.717, 1.165) is 6.07 Å². The average Bonchev–Trinajstić information content (AvgIpc) is 2.37. The molecule has 2 N–H and O–H groups in total. The van der Waals surface area contributed by atoms with Gasteiger partial charge in [0.25, 0.3) is 0 Å². The van der Waals surface area contributed by atoms with Gasteiger partial charge in [0.1, 0.15) is 6.04 Å². The monoisotopic (exact) mass is 282 g/mol. The molecule has 1 aromatic carbocycles. The molecule has 20 heavy (non-hydrogen) atoms. The first-order valence-electron chi connectivity index (χ1n) is 5.33. The van der Waals surface area contributed by atoms with E-state index in [1.165, 1.54) is 12.1 Å². The normalized spacial score (nSPS) is 12.1. The fourth-order valence-corrected chi connectivity index (χ4v) is 1.49. The maximum absolute atomic E-state index is 12.7. The number of carbonyl (C=O) groups is 1. The third kappa shape index (κ3) is 3.66. The van der Waals surface area contributed by atoms with Crippen LogP contribution in [0.15, 0.2) is 18.2 Å². The molecule has 0 bridgehead atoms. The number of terminal acetylenes is 1. The van der Waals surface area contributed by atoms with Gasteiger partial charge in [-0.2, -0.15) is 18.4 Å². The Morgan fingerprint density at radius 2 is 2.15 bits per heavy atom. The van der Waals surface area contributed by atoms with Gasteiger partial charge in [-0.15, -0.1) is 12.3 Å². The lowest BCUT2D eigenvalue weighted by molar-refractivity contribution is -0.138. The summed E-state index contributed by atoms with van der Waals surface area (Å²) in [4.78, 5) is 10.9. The number of alkyl halides is 3. The number of hydrogen-bond acceptors (Lipinski definition) is 3. The molecule has 0 aliphatic heterocycles. The number of rotatable bonds is 4. The first kappa shape index (κ1) is 15.4. The number of nitrogens with zero attached hydrogens (tertiary/aromatic N) is 1. The lowest BCUT2D eigenvalue weighted by Crippen LogP contribution is -2.28. The number of halogens is 3. The Balaban J connectivity index is 3.13. The zero-order valence-electron chi connectivity index (χ0n) is 10.0. The van der Waals surface area contributed by atoms with Crippen molar-refractivity contribution in [2.75, 3.05) is 5.32 Å². The Kier molecular flexibility index (Phi) is 4.60. The van der Waals surface area contributed by atoms with E-state index in [4.69, 9.17) is 16.8 Å². The number of aliphatic carboxylic acids is 1. The van der Waals surface area contributed by atoms with E-state index in [9.17, 15) is 18.0 Å². The minimum absolute atomic E-state index is 0.0704. The smallest absolute Gasteiger partial charge is 0.417 e. The lowest BCUT2D eigenvalue weighted by atomic mass is 10.1. The van der Waals surface area contributed by atoms with Crippen LogP contribution in [-0.4, -0.2) is 17.1 Å². The molecule has 0 aliphatic rings. The van der Waals surface area contributed by atoms with Crippen molar-refractivity contribution in [1.29, 1.82) is 5.26 Å². The fraction of sp³-hybridized carbons (Fsp3) is 0.231. The highest BCUT2D eigenvalue weighted by atomic mass is 19.4. The minimum Gasteiger partial charge on any atom is -0.480 e. The first-order valence-corrected chi connectivity index (χ1v) is 5.33. The maximum Gasteiger partial charge on any atom is 0.417 e. The quantitative estimate of drug-likeness (QED) is 0.832. The number of hydrogen-bond donors (Lipinski definition) is 2. The van der Waals surface area contributed by atoms with Crippen LogP contribution >= 0.6 is 0 Å². The number of carboxylic acids is 1. The Labute approximate surface area is 112 Å². The average molecular weight is 282 g/mol. The molecule has 1 aromatic rings. The van der Waals surface area contributed by atoms with Crippen LogP contribution in [0.1, 0.15) is 17.5 Å². The highest BCUT2D eigenvalue weighted by Crippen LogP contribution is 2.33. The molecule has 4 nitrogen and oxygen atoms in total. The van der Waals surface area contributed by atoms with Crippen LogP contribution < -0.4 is 5.32 Å². The van der Waals surface area contributed by atoms with E-state index < -0.39 is 29.3 Å². The summed E-state index contributed by atoms with van der Waals surface area (Å²) in [6.07, 6.45) is 0.105. The second kappa shape index (κ2) is 5.98. The van der Waals surface area contributed by atoms with E-state index in [2.05, 4.69) is 11.2 Å². The summed E-state index contributed by atoms with van der Waals surface area (Å²) >= 11 is 0. The van der Waals surface area contributed by atoms with Gasteiger partial charge in [0.2, 0.25) is 0 Å². The molecule has 0 heterocycles. The van der Waals surface area contributed by atoms with Crippen LogP contribution in [0.4, 0.5) is 18.9 Å². The summed E-state index contributed by atoms with van der Waals surface area (Å²) < 4.78 is 38.2. The number of nitriles is 1. The predicted octanol–water partition coefficient (Wildman–Crippen LogP) is 2.47. The van der Waals surface area contributed by atoms with E-state index in [1.54, 1.807) is 0 Å². The Morgan fingerprint density at radius 1 is 1.50 bits per heavy atom. The van der Waals surface area contributed by atoms with Gasteiger partial charge in [-0.25, -0.2) is 4.79 Å². The first-order chi connectivity index (χ1) is 9.29. The van der Waals surface area contributed by atoms with Crippen molar-refractivity contribution in [2.45, 2.75) is 18.6 Å². The molecule has 0 aliphatic carbocycles. The maximum atomic E-state index is 12.7. The molecule has 0 radical (unpaired) electrons. The van der Waals surface area contributed by atoms with E-state index >= 15 is 0 Å². The third-order valence-electron chi connectivity index (χ3n) is 2.41. The largest absolute Gasteiger partial charge is 0.480 e. The molecule has 0 spiro atoms. The standard InChI is InChI=1S/C13H9F3N2O2/c1-2-3-11(12(19)20)18-9-5-4-8(7-17)10(6-9)13(14,15)16/h1,4-6,11,18H,3H2,(H,19,20). The van der Waals surface area contributed by atoms with Crippen LogP contribution in [0.3, 0.4) is 0 Å².